The van der Waals surface area contributed by atoms with Crippen molar-refractivity contribution in [2.24, 2.45) is 0 Å². The number of hydrogen-bond donors (Lipinski definition) is 1. The molecule has 1 aliphatic rings. The first-order valence-corrected chi connectivity index (χ1v) is 5.43. The van der Waals surface area contributed by atoms with Crippen molar-refractivity contribution in [3.63, 3.8) is 0 Å². The Labute approximate surface area is 89.1 Å². The number of hydrogen-bond acceptors (Lipinski definition) is 3. The first-order valence-electron chi connectivity index (χ1n) is 4.48. The van der Waals surface area contributed by atoms with Crippen molar-refractivity contribution < 1.29 is 6.22 Å². The third kappa shape index (κ3) is 2.27. The fourth-order valence-corrected chi connectivity index (χ4v) is 1.65. The summed E-state index contributed by atoms with van der Waals surface area (Å²) in [5.41, 5.74) is 1.97. The normalized spacial score (nSPS) is 19.1. The van der Waals surface area contributed by atoms with E-state index in [1.807, 2.05) is 36.2 Å². The van der Waals surface area contributed by atoms with E-state index in [9.17, 15) is 4.79 Å². The maximum Gasteiger partial charge on any atom is 0.251 e. The van der Waals surface area contributed by atoms with Gasteiger partial charge in [-0.2, -0.15) is 0 Å². The topological polar surface area (TPSA) is 32.1 Å². The quantitative estimate of drug-likeness (QED) is 0.609. The standard InChI is InChI=1S/C10H12N2OS.H2/c1-11-10(13)9-4-2-8(3-5-9)6-12-7-14-12;/h2-5H,6-7H2,1H3,(H,11,13);1H. The van der Waals surface area contributed by atoms with E-state index < -0.39 is 0 Å². The Kier molecular flexibility index (Phi) is 2.74. The molecule has 1 aromatic rings. The van der Waals surface area contributed by atoms with Crippen LogP contribution in [0.1, 0.15) is 17.3 Å². The maximum absolute atomic E-state index is 11.2. The first kappa shape index (κ1) is 9.55. The van der Waals surface area contributed by atoms with E-state index >= 15 is 0 Å². The summed E-state index contributed by atoms with van der Waals surface area (Å²) in [4.78, 5) is 11.2. The SMILES string of the molecule is CNC(=O)c1ccc(CN2CS2)cc1.[HH]. The van der Waals surface area contributed by atoms with Crippen molar-refractivity contribution in [2.75, 3.05) is 12.9 Å². The lowest BCUT2D eigenvalue weighted by molar-refractivity contribution is 0.0963. The zero-order chi connectivity index (χ0) is 9.97. The number of nitrogens with one attached hydrogen (secondary N) is 1. The molecule has 1 amide bonds. The van der Waals surface area contributed by atoms with Gasteiger partial charge in [-0.25, -0.2) is 4.31 Å². The molecule has 0 bridgehead atoms. The van der Waals surface area contributed by atoms with Crippen LogP contribution in [0.2, 0.25) is 0 Å². The van der Waals surface area contributed by atoms with Crippen LogP contribution in [0, 0.1) is 0 Å². The van der Waals surface area contributed by atoms with Crippen molar-refractivity contribution in [1.82, 2.24) is 9.62 Å². The highest BCUT2D eigenvalue weighted by molar-refractivity contribution is 8.02. The average molecular weight is 210 g/mol. The minimum Gasteiger partial charge on any atom is -0.355 e. The first-order chi connectivity index (χ1) is 6.79. The lowest BCUT2D eigenvalue weighted by Crippen LogP contribution is -2.17. The van der Waals surface area contributed by atoms with Gasteiger partial charge < -0.3 is 5.32 Å². The second kappa shape index (κ2) is 4.02. The van der Waals surface area contributed by atoms with E-state index in [1.165, 1.54) is 5.56 Å². The average Bonchev–Trinajstić information content (AvgIpc) is 3.02. The molecule has 1 unspecified atom stereocenters. The Bertz CT molecular complexity index is 338. The van der Waals surface area contributed by atoms with E-state index in [-0.39, 0.29) is 7.33 Å². The molecule has 2 rings (SSSR count). The van der Waals surface area contributed by atoms with Crippen LogP contribution >= 0.6 is 11.9 Å². The summed E-state index contributed by atoms with van der Waals surface area (Å²) in [6, 6.07) is 7.73. The summed E-state index contributed by atoms with van der Waals surface area (Å²) in [6.45, 7) is 0.971. The maximum atomic E-state index is 11.2. The van der Waals surface area contributed by atoms with Crippen LogP contribution in [-0.4, -0.2) is 23.1 Å². The highest BCUT2D eigenvalue weighted by atomic mass is 32.2. The van der Waals surface area contributed by atoms with E-state index in [1.54, 1.807) is 7.05 Å². The predicted molar refractivity (Wildman–Crippen MR) is 59.9 cm³/mol. The van der Waals surface area contributed by atoms with Gasteiger partial charge in [0.1, 0.15) is 0 Å². The Hall–Kier alpha value is -1.00. The molecule has 0 aliphatic carbocycles. The van der Waals surface area contributed by atoms with Gasteiger partial charge in [-0.3, -0.25) is 4.79 Å². The van der Waals surface area contributed by atoms with Crippen molar-refractivity contribution in [2.45, 2.75) is 6.54 Å². The number of carbonyl (C=O) groups is 1. The van der Waals surface area contributed by atoms with Crippen molar-refractivity contribution >= 4 is 17.9 Å². The Morgan fingerprint density at radius 1 is 1.57 bits per heavy atom. The molecular weight excluding hydrogens is 196 g/mol. The highest BCUT2D eigenvalue weighted by Gasteiger charge is 2.18. The van der Waals surface area contributed by atoms with Gasteiger partial charge in [-0.1, -0.05) is 24.1 Å². The second-order valence-corrected chi connectivity index (χ2v) is 4.21. The van der Waals surface area contributed by atoms with Gasteiger partial charge in [-0.05, 0) is 17.7 Å². The molecule has 76 valence electrons. The fraction of sp³-hybridized carbons (Fsp3) is 0.300. The molecule has 1 aromatic carbocycles. The molecule has 0 spiro atoms. The summed E-state index contributed by atoms with van der Waals surface area (Å²) in [7, 11) is 1.64. The number of benzene rings is 1. The van der Waals surface area contributed by atoms with Gasteiger partial charge in [0.25, 0.3) is 5.91 Å². The zero-order valence-corrected chi connectivity index (χ0v) is 8.80. The molecule has 1 heterocycles. The van der Waals surface area contributed by atoms with E-state index in [4.69, 9.17) is 0 Å². The predicted octanol–water partition coefficient (Wildman–Crippen LogP) is 1.71. The number of amides is 1. The number of carbonyl (C=O) groups excluding carboxylic acids is 1. The lowest BCUT2D eigenvalue weighted by Gasteiger charge is -2.02. The van der Waals surface area contributed by atoms with Gasteiger partial charge in [0.05, 0.1) is 5.88 Å². The van der Waals surface area contributed by atoms with Gasteiger partial charge in [0.15, 0.2) is 0 Å². The molecule has 0 aromatic heterocycles. The highest BCUT2D eigenvalue weighted by Crippen LogP contribution is 2.29. The Balaban J connectivity index is 0.00000112. The van der Waals surface area contributed by atoms with Gasteiger partial charge in [0, 0.05) is 20.6 Å². The van der Waals surface area contributed by atoms with E-state index in [0.717, 1.165) is 18.0 Å². The van der Waals surface area contributed by atoms with Crippen LogP contribution in [0.4, 0.5) is 0 Å². The van der Waals surface area contributed by atoms with Crippen LogP contribution in [0.25, 0.3) is 0 Å². The van der Waals surface area contributed by atoms with Crippen molar-refractivity contribution in [1.29, 1.82) is 0 Å². The fourth-order valence-electron chi connectivity index (χ4n) is 1.24. The van der Waals surface area contributed by atoms with E-state index in [2.05, 4.69) is 9.62 Å². The molecule has 1 N–H and O–H groups in total. The minimum atomic E-state index is -0.0300. The van der Waals surface area contributed by atoms with Crippen LogP contribution in [0.3, 0.4) is 0 Å². The molecule has 0 radical (unpaired) electrons. The third-order valence-electron chi connectivity index (χ3n) is 2.11. The van der Waals surface area contributed by atoms with Crippen LogP contribution < -0.4 is 5.32 Å². The molecule has 1 fully saturated rings. The van der Waals surface area contributed by atoms with Crippen LogP contribution in [0.5, 0.6) is 0 Å². The smallest absolute Gasteiger partial charge is 0.251 e. The summed E-state index contributed by atoms with van der Waals surface area (Å²) in [6.07, 6.45) is 0. The zero-order valence-electron chi connectivity index (χ0n) is 7.99. The second-order valence-electron chi connectivity index (χ2n) is 3.17. The molecule has 4 heteroatoms. The van der Waals surface area contributed by atoms with Gasteiger partial charge in [0.2, 0.25) is 0 Å². The lowest BCUT2D eigenvalue weighted by atomic mass is 10.1. The Morgan fingerprint density at radius 3 is 2.71 bits per heavy atom. The third-order valence-corrected chi connectivity index (χ3v) is 2.87. The molecule has 14 heavy (non-hydrogen) atoms. The Morgan fingerprint density at radius 2 is 2.21 bits per heavy atom. The van der Waals surface area contributed by atoms with Gasteiger partial charge in [-0.15, -0.1) is 0 Å². The summed E-state index contributed by atoms with van der Waals surface area (Å²) in [5.74, 6) is 1.09. The molecule has 3 nitrogen and oxygen atoms in total. The molecule has 0 saturated carbocycles. The van der Waals surface area contributed by atoms with Crippen molar-refractivity contribution in [3.05, 3.63) is 35.4 Å². The van der Waals surface area contributed by atoms with Gasteiger partial charge >= 0.3 is 0 Å². The molecule has 1 aliphatic heterocycles. The molecule has 1 atom stereocenters. The summed E-state index contributed by atoms with van der Waals surface area (Å²) < 4.78 is 2.26. The largest absolute Gasteiger partial charge is 0.355 e. The summed E-state index contributed by atoms with van der Waals surface area (Å²) >= 11 is 1.83. The monoisotopic (exact) mass is 210 g/mol. The van der Waals surface area contributed by atoms with Crippen LogP contribution in [0.15, 0.2) is 24.3 Å². The van der Waals surface area contributed by atoms with E-state index in [0.29, 0.717) is 0 Å². The summed E-state index contributed by atoms with van der Waals surface area (Å²) in [5, 5.41) is 2.60. The number of rotatable bonds is 3. The molecular formula is C10H14N2OS. The minimum absolute atomic E-state index is 0. The number of nitrogens with zero attached hydrogens (tertiary/aromatic N) is 1. The van der Waals surface area contributed by atoms with Crippen molar-refractivity contribution in [3.8, 4) is 0 Å². The molecule has 1 saturated heterocycles. The van der Waals surface area contributed by atoms with Crippen LogP contribution in [-0.2, 0) is 6.54 Å².